The maximum Gasteiger partial charge on any atom is 0.341 e. The number of rotatable bonds is 8. The van der Waals surface area contributed by atoms with E-state index in [1.165, 1.54) is 30.6 Å². The van der Waals surface area contributed by atoms with Crippen molar-refractivity contribution in [1.82, 2.24) is 4.90 Å². The van der Waals surface area contributed by atoms with Gasteiger partial charge in [-0.3, -0.25) is 9.59 Å². The molecule has 0 spiro atoms. The molecule has 0 radical (unpaired) electrons. The summed E-state index contributed by atoms with van der Waals surface area (Å²) in [6.45, 7) is 8.74. The summed E-state index contributed by atoms with van der Waals surface area (Å²) < 4.78 is 5.18. The molecule has 1 N–H and O–H groups in total. The maximum absolute atomic E-state index is 12.8. The van der Waals surface area contributed by atoms with Crippen molar-refractivity contribution in [2.24, 2.45) is 5.92 Å². The van der Waals surface area contributed by atoms with Crippen molar-refractivity contribution in [2.75, 3.05) is 25.0 Å². The zero-order chi connectivity index (χ0) is 20.7. The predicted octanol–water partition coefficient (Wildman–Crippen LogP) is 4.62. The first-order chi connectivity index (χ1) is 13.4. The molecule has 6 nitrogen and oxygen atoms in total. The normalized spacial score (nSPS) is 14.6. The molecule has 156 valence electrons. The fourth-order valence-electron chi connectivity index (χ4n) is 3.74. The van der Waals surface area contributed by atoms with Crippen LogP contribution in [0.2, 0.25) is 0 Å². The van der Waals surface area contributed by atoms with Gasteiger partial charge < -0.3 is 15.0 Å². The quantitative estimate of drug-likeness (QED) is 0.637. The van der Waals surface area contributed by atoms with Gasteiger partial charge in [0.15, 0.2) is 0 Å². The number of anilines is 1. The van der Waals surface area contributed by atoms with Crippen molar-refractivity contribution < 1.29 is 19.1 Å². The van der Waals surface area contributed by atoms with Gasteiger partial charge in [0, 0.05) is 19.5 Å². The van der Waals surface area contributed by atoms with E-state index < -0.39 is 5.97 Å². The Morgan fingerprint density at radius 1 is 1.11 bits per heavy atom. The molecule has 0 aromatic carbocycles. The van der Waals surface area contributed by atoms with Crippen LogP contribution >= 0.6 is 11.3 Å². The molecule has 0 atom stereocenters. The van der Waals surface area contributed by atoms with Crippen LogP contribution < -0.4 is 5.32 Å². The second-order valence-corrected chi connectivity index (χ2v) is 8.24. The molecule has 1 aromatic heterocycles. The van der Waals surface area contributed by atoms with Crippen molar-refractivity contribution in [1.29, 1.82) is 0 Å². The predicted molar refractivity (Wildman–Crippen MR) is 112 cm³/mol. The summed E-state index contributed by atoms with van der Waals surface area (Å²) in [5, 5.41) is 3.32. The highest BCUT2D eigenvalue weighted by atomic mass is 32.1. The van der Waals surface area contributed by atoms with Crippen LogP contribution in [0, 0.1) is 12.8 Å². The van der Waals surface area contributed by atoms with Crippen LogP contribution in [-0.2, 0) is 9.53 Å². The van der Waals surface area contributed by atoms with E-state index in [2.05, 4.69) is 5.32 Å². The molecular weight excluding hydrogens is 376 g/mol. The molecule has 1 heterocycles. The number of hydrogen-bond donors (Lipinski definition) is 1. The number of thiophene rings is 1. The first kappa shape index (κ1) is 22.4. The van der Waals surface area contributed by atoms with Crippen LogP contribution in [0.5, 0.6) is 0 Å². The highest BCUT2D eigenvalue weighted by molar-refractivity contribution is 7.18. The Hall–Kier alpha value is -1.89. The summed E-state index contributed by atoms with van der Waals surface area (Å²) in [4.78, 5) is 40.2. The van der Waals surface area contributed by atoms with Gasteiger partial charge >= 0.3 is 5.97 Å². The molecule has 0 unspecified atom stereocenters. The van der Waals surface area contributed by atoms with Crippen LogP contribution in [0.25, 0.3) is 0 Å². The SMILES string of the molecule is CCOC(=O)c1c(NC(=O)CC2CCCCC2)sc(C(=O)N(CC)CC)c1C. The van der Waals surface area contributed by atoms with E-state index in [0.29, 0.717) is 46.4 Å². The Labute approximate surface area is 171 Å². The molecule has 0 saturated heterocycles. The summed E-state index contributed by atoms with van der Waals surface area (Å²) in [6.07, 6.45) is 6.20. The number of carbonyl (C=O) groups excluding carboxylic acids is 3. The van der Waals surface area contributed by atoms with Crippen molar-refractivity contribution in [3.63, 3.8) is 0 Å². The highest BCUT2D eigenvalue weighted by Crippen LogP contribution is 2.35. The third-order valence-electron chi connectivity index (χ3n) is 5.32. The first-order valence-electron chi connectivity index (χ1n) is 10.3. The largest absolute Gasteiger partial charge is 0.462 e. The molecular formula is C21H32N2O4S. The van der Waals surface area contributed by atoms with Crippen molar-refractivity contribution in [3.05, 3.63) is 16.0 Å². The molecule has 1 aromatic rings. The van der Waals surface area contributed by atoms with Gasteiger partial charge in [0.25, 0.3) is 5.91 Å². The standard InChI is InChI=1S/C21H32N2O4S/c1-5-23(6-2)20(25)18-14(4)17(21(26)27-7-3)19(28-18)22-16(24)13-15-11-9-8-10-12-15/h15H,5-13H2,1-4H3,(H,22,24). The molecule has 0 aliphatic heterocycles. The van der Waals surface area contributed by atoms with E-state index in [4.69, 9.17) is 4.74 Å². The number of ether oxygens (including phenoxy) is 1. The van der Waals surface area contributed by atoms with Crippen molar-refractivity contribution >= 4 is 34.1 Å². The van der Waals surface area contributed by atoms with E-state index in [1.54, 1.807) is 18.7 Å². The lowest BCUT2D eigenvalue weighted by molar-refractivity contribution is -0.117. The van der Waals surface area contributed by atoms with E-state index >= 15 is 0 Å². The lowest BCUT2D eigenvalue weighted by atomic mass is 9.87. The van der Waals surface area contributed by atoms with Gasteiger partial charge in [-0.1, -0.05) is 19.3 Å². The van der Waals surface area contributed by atoms with Gasteiger partial charge in [-0.2, -0.15) is 0 Å². The second-order valence-electron chi connectivity index (χ2n) is 7.21. The van der Waals surface area contributed by atoms with Gasteiger partial charge in [-0.05, 0) is 52.0 Å². The Balaban J connectivity index is 2.27. The number of amides is 2. The van der Waals surface area contributed by atoms with E-state index in [1.807, 2.05) is 13.8 Å². The number of nitrogens with one attached hydrogen (secondary N) is 1. The minimum absolute atomic E-state index is 0.0967. The third kappa shape index (κ3) is 5.34. The zero-order valence-corrected chi connectivity index (χ0v) is 18.2. The minimum atomic E-state index is -0.497. The molecule has 2 rings (SSSR count). The smallest absolute Gasteiger partial charge is 0.341 e. The van der Waals surface area contributed by atoms with E-state index in [0.717, 1.165) is 12.8 Å². The third-order valence-corrected chi connectivity index (χ3v) is 6.52. The Morgan fingerprint density at radius 2 is 1.75 bits per heavy atom. The van der Waals surface area contributed by atoms with Crippen LogP contribution in [0.4, 0.5) is 5.00 Å². The molecule has 1 aliphatic rings. The summed E-state index contributed by atoms with van der Waals surface area (Å²) in [6, 6.07) is 0. The number of carbonyl (C=O) groups is 3. The molecule has 2 amide bonds. The topological polar surface area (TPSA) is 75.7 Å². The van der Waals surface area contributed by atoms with E-state index in [-0.39, 0.29) is 18.4 Å². The van der Waals surface area contributed by atoms with Gasteiger partial charge in [-0.15, -0.1) is 11.3 Å². The monoisotopic (exact) mass is 408 g/mol. The van der Waals surface area contributed by atoms with E-state index in [9.17, 15) is 14.4 Å². The Kier molecular flexibility index (Phi) is 8.48. The first-order valence-corrected chi connectivity index (χ1v) is 11.1. The maximum atomic E-state index is 12.8. The molecule has 1 saturated carbocycles. The molecule has 1 aliphatic carbocycles. The summed E-state index contributed by atoms with van der Waals surface area (Å²) >= 11 is 1.17. The van der Waals surface area contributed by atoms with Gasteiger partial charge in [0.05, 0.1) is 17.0 Å². The minimum Gasteiger partial charge on any atom is -0.462 e. The second kappa shape index (κ2) is 10.6. The lowest BCUT2D eigenvalue weighted by Crippen LogP contribution is -2.30. The number of esters is 1. The summed E-state index contributed by atoms with van der Waals surface area (Å²) in [5.74, 6) is -0.313. The highest BCUT2D eigenvalue weighted by Gasteiger charge is 2.28. The average molecular weight is 409 g/mol. The molecule has 28 heavy (non-hydrogen) atoms. The van der Waals surface area contributed by atoms with Gasteiger partial charge in [0.1, 0.15) is 5.00 Å². The molecule has 7 heteroatoms. The van der Waals surface area contributed by atoms with Crippen LogP contribution in [0.1, 0.15) is 84.9 Å². The zero-order valence-electron chi connectivity index (χ0n) is 17.4. The number of hydrogen-bond acceptors (Lipinski definition) is 5. The van der Waals surface area contributed by atoms with Gasteiger partial charge in [0.2, 0.25) is 5.91 Å². The number of nitrogens with zero attached hydrogens (tertiary/aromatic N) is 1. The van der Waals surface area contributed by atoms with Gasteiger partial charge in [-0.25, -0.2) is 4.79 Å². The lowest BCUT2D eigenvalue weighted by Gasteiger charge is -2.20. The average Bonchev–Trinajstić information content (AvgIpc) is 2.99. The van der Waals surface area contributed by atoms with Crippen LogP contribution in [0.3, 0.4) is 0 Å². The Morgan fingerprint density at radius 3 is 2.32 bits per heavy atom. The summed E-state index contributed by atoms with van der Waals surface area (Å²) in [7, 11) is 0. The fraction of sp³-hybridized carbons (Fsp3) is 0.667. The molecule has 0 bridgehead atoms. The van der Waals surface area contributed by atoms with Crippen molar-refractivity contribution in [2.45, 2.75) is 66.2 Å². The Bertz CT molecular complexity index is 704. The summed E-state index contributed by atoms with van der Waals surface area (Å²) in [5.41, 5.74) is 0.882. The molecule has 1 fully saturated rings. The fourth-order valence-corrected chi connectivity index (χ4v) is 4.92. The van der Waals surface area contributed by atoms with Crippen LogP contribution in [0.15, 0.2) is 0 Å². The van der Waals surface area contributed by atoms with Crippen molar-refractivity contribution in [3.8, 4) is 0 Å². The van der Waals surface area contributed by atoms with Crippen LogP contribution in [-0.4, -0.2) is 42.4 Å².